The van der Waals surface area contributed by atoms with Gasteiger partial charge >= 0.3 is 0 Å². The van der Waals surface area contributed by atoms with Gasteiger partial charge in [-0.25, -0.2) is 9.97 Å². The first-order chi connectivity index (χ1) is 10.8. The smallest absolute Gasteiger partial charge is 0.270 e. The van der Waals surface area contributed by atoms with Crippen LogP contribution >= 0.6 is 0 Å². The summed E-state index contributed by atoms with van der Waals surface area (Å²) in [5.41, 5.74) is 0.433. The lowest BCUT2D eigenvalue weighted by atomic mass is 10.00. The van der Waals surface area contributed by atoms with Gasteiger partial charge in [0.2, 0.25) is 0 Å². The van der Waals surface area contributed by atoms with E-state index in [2.05, 4.69) is 27.1 Å². The standard InChI is InChI=1S/C16H26N4O2/c1-3-13-7-4-5-9-20(13)15-11-14(18-12-19-15)16(21)17-8-6-10-22-2/h11-13H,3-10H2,1-2H3,(H,17,21). The predicted octanol–water partition coefficient (Wildman–Crippen LogP) is 2.01. The van der Waals surface area contributed by atoms with Crippen molar-refractivity contribution in [2.24, 2.45) is 0 Å². The molecule has 0 bridgehead atoms. The van der Waals surface area contributed by atoms with Gasteiger partial charge in [0, 0.05) is 38.9 Å². The van der Waals surface area contributed by atoms with Crippen LogP contribution in [0.3, 0.4) is 0 Å². The van der Waals surface area contributed by atoms with E-state index in [0.717, 1.165) is 25.2 Å². The van der Waals surface area contributed by atoms with Crippen LogP contribution in [0.15, 0.2) is 12.4 Å². The van der Waals surface area contributed by atoms with Crippen LogP contribution in [0.5, 0.6) is 0 Å². The summed E-state index contributed by atoms with van der Waals surface area (Å²) in [5.74, 6) is 0.716. The second-order valence-corrected chi connectivity index (χ2v) is 5.61. The minimum atomic E-state index is -0.148. The molecule has 1 unspecified atom stereocenters. The molecular formula is C16H26N4O2. The van der Waals surface area contributed by atoms with Crippen LogP contribution in [-0.4, -0.2) is 48.7 Å². The van der Waals surface area contributed by atoms with Gasteiger partial charge in [-0.2, -0.15) is 0 Å². The Bertz CT molecular complexity index is 481. The molecule has 0 radical (unpaired) electrons. The van der Waals surface area contributed by atoms with Gasteiger partial charge in [0.25, 0.3) is 5.91 Å². The SMILES string of the molecule is CCC1CCCCN1c1cc(C(=O)NCCCOC)ncn1. The van der Waals surface area contributed by atoms with Crippen molar-refractivity contribution < 1.29 is 9.53 Å². The molecule has 2 heterocycles. The zero-order valence-electron chi connectivity index (χ0n) is 13.5. The average molecular weight is 306 g/mol. The first kappa shape index (κ1) is 16.7. The molecule has 1 aliphatic heterocycles. The fourth-order valence-corrected chi connectivity index (χ4v) is 2.86. The van der Waals surface area contributed by atoms with Gasteiger partial charge in [-0.1, -0.05) is 6.92 Å². The normalized spacial score (nSPS) is 18.3. The lowest BCUT2D eigenvalue weighted by molar-refractivity contribution is 0.0943. The van der Waals surface area contributed by atoms with Gasteiger partial charge in [-0.05, 0) is 32.1 Å². The number of amides is 1. The fourth-order valence-electron chi connectivity index (χ4n) is 2.86. The van der Waals surface area contributed by atoms with E-state index in [4.69, 9.17) is 4.74 Å². The second-order valence-electron chi connectivity index (χ2n) is 5.61. The molecule has 1 aromatic heterocycles. The van der Waals surface area contributed by atoms with Crippen LogP contribution in [0.1, 0.15) is 49.5 Å². The van der Waals surface area contributed by atoms with Crippen molar-refractivity contribution in [2.75, 3.05) is 31.7 Å². The zero-order valence-corrected chi connectivity index (χ0v) is 13.5. The van der Waals surface area contributed by atoms with E-state index in [1.54, 1.807) is 13.2 Å². The number of carbonyl (C=O) groups is 1. The van der Waals surface area contributed by atoms with E-state index < -0.39 is 0 Å². The van der Waals surface area contributed by atoms with E-state index in [1.165, 1.54) is 25.6 Å². The first-order valence-electron chi connectivity index (χ1n) is 8.12. The average Bonchev–Trinajstić information content (AvgIpc) is 2.58. The fraction of sp³-hybridized carbons (Fsp3) is 0.688. The molecule has 1 aromatic rings. The topological polar surface area (TPSA) is 67.4 Å². The van der Waals surface area contributed by atoms with Crippen LogP contribution in [0.4, 0.5) is 5.82 Å². The molecule has 6 nitrogen and oxygen atoms in total. The van der Waals surface area contributed by atoms with Gasteiger partial charge in [-0.3, -0.25) is 4.79 Å². The number of hydrogen-bond acceptors (Lipinski definition) is 5. The van der Waals surface area contributed by atoms with Crippen molar-refractivity contribution in [3.05, 3.63) is 18.1 Å². The predicted molar refractivity (Wildman–Crippen MR) is 86.1 cm³/mol. The minimum absolute atomic E-state index is 0.148. The molecule has 0 aromatic carbocycles. The summed E-state index contributed by atoms with van der Waals surface area (Å²) < 4.78 is 4.97. The zero-order chi connectivity index (χ0) is 15.8. The highest BCUT2D eigenvalue weighted by Crippen LogP contribution is 2.24. The van der Waals surface area contributed by atoms with E-state index in [0.29, 0.717) is 24.9 Å². The van der Waals surface area contributed by atoms with E-state index in [9.17, 15) is 4.79 Å². The van der Waals surface area contributed by atoms with Crippen LogP contribution in [-0.2, 0) is 4.74 Å². The van der Waals surface area contributed by atoms with Crippen molar-refractivity contribution in [1.29, 1.82) is 0 Å². The molecule has 1 N–H and O–H groups in total. The number of anilines is 1. The Morgan fingerprint density at radius 3 is 3.09 bits per heavy atom. The van der Waals surface area contributed by atoms with Crippen LogP contribution in [0.2, 0.25) is 0 Å². The lowest BCUT2D eigenvalue weighted by Crippen LogP contribution is -2.40. The highest BCUT2D eigenvalue weighted by atomic mass is 16.5. The number of nitrogens with zero attached hydrogens (tertiary/aromatic N) is 3. The van der Waals surface area contributed by atoms with Gasteiger partial charge in [0.15, 0.2) is 0 Å². The molecule has 1 fully saturated rings. The largest absolute Gasteiger partial charge is 0.385 e. The maximum absolute atomic E-state index is 12.1. The number of aromatic nitrogens is 2. The molecule has 1 amide bonds. The van der Waals surface area contributed by atoms with E-state index >= 15 is 0 Å². The minimum Gasteiger partial charge on any atom is -0.385 e. The Labute approximate surface area is 132 Å². The summed E-state index contributed by atoms with van der Waals surface area (Å²) in [6.07, 6.45) is 7.03. The van der Waals surface area contributed by atoms with Crippen molar-refractivity contribution >= 4 is 11.7 Å². The molecular weight excluding hydrogens is 280 g/mol. The first-order valence-corrected chi connectivity index (χ1v) is 8.12. The van der Waals surface area contributed by atoms with Crippen molar-refractivity contribution in [2.45, 2.75) is 45.1 Å². The summed E-state index contributed by atoms with van der Waals surface area (Å²) in [4.78, 5) is 22.9. The Balaban J connectivity index is 2.01. The van der Waals surface area contributed by atoms with Crippen LogP contribution < -0.4 is 10.2 Å². The third kappa shape index (κ3) is 4.40. The number of carbonyl (C=O) groups excluding carboxylic acids is 1. The number of rotatable bonds is 7. The molecule has 1 atom stereocenters. The molecule has 0 spiro atoms. The summed E-state index contributed by atoms with van der Waals surface area (Å²) in [5, 5.41) is 2.86. The van der Waals surface area contributed by atoms with E-state index in [-0.39, 0.29) is 5.91 Å². The number of piperidine rings is 1. The Morgan fingerprint density at radius 1 is 1.45 bits per heavy atom. The summed E-state index contributed by atoms with van der Waals surface area (Å²) in [7, 11) is 1.65. The quantitative estimate of drug-likeness (QED) is 0.781. The Morgan fingerprint density at radius 2 is 2.32 bits per heavy atom. The summed E-state index contributed by atoms with van der Waals surface area (Å²) >= 11 is 0. The number of methoxy groups -OCH3 is 1. The maximum Gasteiger partial charge on any atom is 0.270 e. The molecule has 0 saturated carbocycles. The highest BCUT2D eigenvalue weighted by Gasteiger charge is 2.22. The molecule has 2 rings (SSSR count). The Kier molecular flexibility index (Phi) is 6.58. The number of hydrogen-bond donors (Lipinski definition) is 1. The molecule has 122 valence electrons. The van der Waals surface area contributed by atoms with Crippen molar-refractivity contribution in [3.8, 4) is 0 Å². The maximum atomic E-state index is 12.1. The molecule has 1 aliphatic rings. The molecule has 0 aliphatic carbocycles. The van der Waals surface area contributed by atoms with Crippen molar-refractivity contribution in [1.82, 2.24) is 15.3 Å². The monoisotopic (exact) mass is 306 g/mol. The summed E-state index contributed by atoms with van der Waals surface area (Å²) in [6.45, 7) is 4.44. The lowest BCUT2D eigenvalue weighted by Gasteiger charge is -2.36. The van der Waals surface area contributed by atoms with Crippen molar-refractivity contribution in [3.63, 3.8) is 0 Å². The van der Waals surface area contributed by atoms with Gasteiger partial charge in [0.05, 0.1) is 0 Å². The third-order valence-corrected chi connectivity index (χ3v) is 4.09. The van der Waals surface area contributed by atoms with E-state index in [1.807, 2.05) is 0 Å². The number of nitrogens with one attached hydrogen (secondary N) is 1. The Hall–Kier alpha value is -1.69. The second kappa shape index (κ2) is 8.68. The highest BCUT2D eigenvalue weighted by molar-refractivity contribution is 5.92. The van der Waals surface area contributed by atoms with Gasteiger partial charge < -0.3 is 15.0 Å². The molecule has 1 saturated heterocycles. The number of ether oxygens (including phenoxy) is 1. The summed E-state index contributed by atoms with van der Waals surface area (Å²) in [6, 6.07) is 2.32. The van der Waals surface area contributed by atoms with Crippen LogP contribution in [0.25, 0.3) is 0 Å². The molecule has 6 heteroatoms. The molecule has 22 heavy (non-hydrogen) atoms. The van der Waals surface area contributed by atoms with Crippen LogP contribution in [0, 0.1) is 0 Å². The van der Waals surface area contributed by atoms with Gasteiger partial charge in [0.1, 0.15) is 17.8 Å². The van der Waals surface area contributed by atoms with Gasteiger partial charge in [-0.15, -0.1) is 0 Å². The third-order valence-electron chi connectivity index (χ3n) is 4.09.